The molecule has 1 amide bonds. The van der Waals surface area contributed by atoms with E-state index in [0.717, 1.165) is 0 Å². The van der Waals surface area contributed by atoms with E-state index in [2.05, 4.69) is 36.3 Å². The highest BCUT2D eigenvalue weighted by atomic mass is 16.1. The van der Waals surface area contributed by atoms with E-state index in [4.69, 9.17) is 5.73 Å². The van der Waals surface area contributed by atoms with E-state index in [0.29, 0.717) is 29.6 Å². The normalized spacial score (nSPS) is 12.8. The summed E-state index contributed by atoms with van der Waals surface area (Å²) in [5.74, 6) is 1.09. The zero-order valence-corrected chi connectivity index (χ0v) is 10.3. The minimum Gasteiger partial charge on any atom is -0.382 e. The van der Waals surface area contributed by atoms with Gasteiger partial charge in [-0.3, -0.25) is 9.89 Å². The second-order valence-electron chi connectivity index (χ2n) is 4.54. The second-order valence-corrected chi connectivity index (χ2v) is 4.54. The Labute approximate surface area is 95.8 Å². The first-order chi connectivity index (χ1) is 7.43. The summed E-state index contributed by atoms with van der Waals surface area (Å²) in [6, 6.07) is 0. The molecule has 0 fully saturated rings. The molecule has 0 bridgehead atoms. The number of rotatable bonds is 4. The van der Waals surface area contributed by atoms with E-state index in [1.54, 1.807) is 6.92 Å². The quantitative estimate of drug-likeness (QED) is 0.721. The van der Waals surface area contributed by atoms with Crippen LogP contribution in [-0.4, -0.2) is 22.6 Å². The van der Waals surface area contributed by atoms with Gasteiger partial charge in [0.1, 0.15) is 5.56 Å². The van der Waals surface area contributed by atoms with Crippen molar-refractivity contribution in [3.63, 3.8) is 0 Å². The number of anilines is 1. The predicted octanol–water partition coefficient (Wildman–Crippen LogP) is 1.32. The molecule has 0 saturated carbocycles. The monoisotopic (exact) mass is 224 g/mol. The van der Waals surface area contributed by atoms with Gasteiger partial charge in [0.05, 0.1) is 0 Å². The summed E-state index contributed by atoms with van der Waals surface area (Å²) >= 11 is 0. The van der Waals surface area contributed by atoms with E-state index >= 15 is 0 Å². The van der Waals surface area contributed by atoms with Crippen LogP contribution in [-0.2, 0) is 0 Å². The lowest BCUT2D eigenvalue weighted by Crippen LogP contribution is -2.30. The molecule has 5 nitrogen and oxygen atoms in total. The SMILES string of the molecule is Cc1[nH]nc(N)c1C(=O)NCC(C)C(C)C. The topological polar surface area (TPSA) is 83.8 Å². The number of aromatic amines is 1. The number of aryl methyl sites for hydroxylation is 1. The predicted molar refractivity (Wildman–Crippen MR) is 64.1 cm³/mol. The van der Waals surface area contributed by atoms with Crippen molar-refractivity contribution in [3.05, 3.63) is 11.3 Å². The third kappa shape index (κ3) is 2.74. The molecule has 1 rings (SSSR count). The van der Waals surface area contributed by atoms with Gasteiger partial charge in [-0.25, -0.2) is 0 Å². The van der Waals surface area contributed by atoms with Gasteiger partial charge in [0.2, 0.25) is 0 Å². The van der Waals surface area contributed by atoms with Gasteiger partial charge in [-0.05, 0) is 18.8 Å². The van der Waals surface area contributed by atoms with Crippen LogP contribution in [0.15, 0.2) is 0 Å². The molecule has 0 radical (unpaired) electrons. The molecule has 1 atom stereocenters. The van der Waals surface area contributed by atoms with Gasteiger partial charge in [0, 0.05) is 12.2 Å². The maximum atomic E-state index is 11.8. The Morgan fingerprint density at radius 3 is 2.56 bits per heavy atom. The fraction of sp³-hybridized carbons (Fsp3) is 0.636. The highest BCUT2D eigenvalue weighted by molar-refractivity contribution is 5.99. The van der Waals surface area contributed by atoms with Crippen LogP contribution in [0.5, 0.6) is 0 Å². The molecule has 5 heteroatoms. The fourth-order valence-electron chi connectivity index (χ4n) is 1.31. The minimum atomic E-state index is -0.156. The van der Waals surface area contributed by atoms with Crippen LogP contribution in [0.4, 0.5) is 5.82 Å². The standard InChI is InChI=1S/C11H20N4O/c1-6(2)7(3)5-13-11(16)9-8(4)14-15-10(9)12/h6-7H,5H2,1-4H3,(H,13,16)(H3,12,14,15). The lowest BCUT2D eigenvalue weighted by Gasteiger charge is -2.15. The van der Waals surface area contributed by atoms with Crippen molar-refractivity contribution in [2.24, 2.45) is 11.8 Å². The highest BCUT2D eigenvalue weighted by Gasteiger charge is 2.17. The maximum Gasteiger partial charge on any atom is 0.256 e. The Kier molecular flexibility index (Phi) is 3.93. The smallest absolute Gasteiger partial charge is 0.256 e. The fourth-order valence-corrected chi connectivity index (χ4v) is 1.31. The van der Waals surface area contributed by atoms with Gasteiger partial charge in [0.25, 0.3) is 5.91 Å². The molecular formula is C11H20N4O. The van der Waals surface area contributed by atoms with Gasteiger partial charge in [0.15, 0.2) is 5.82 Å². The zero-order chi connectivity index (χ0) is 12.3. The molecule has 0 aliphatic heterocycles. The number of H-pyrrole nitrogens is 1. The Balaban J connectivity index is 2.60. The molecule has 1 aromatic heterocycles. The Morgan fingerprint density at radius 2 is 2.12 bits per heavy atom. The number of nitrogens with one attached hydrogen (secondary N) is 2. The number of nitrogen functional groups attached to an aromatic ring is 1. The van der Waals surface area contributed by atoms with Crippen LogP contribution in [0.2, 0.25) is 0 Å². The van der Waals surface area contributed by atoms with Crippen LogP contribution in [0.1, 0.15) is 36.8 Å². The third-order valence-corrected chi connectivity index (χ3v) is 2.92. The summed E-state index contributed by atoms with van der Waals surface area (Å²) in [6.45, 7) is 8.81. The van der Waals surface area contributed by atoms with Crippen molar-refractivity contribution in [1.29, 1.82) is 0 Å². The molecule has 0 aliphatic carbocycles. The number of hydrogen-bond acceptors (Lipinski definition) is 3. The Hall–Kier alpha value is -1.52. The van der Waals surface area contributed by atoms with Crippen LogP contribution >= 0.6 is 0 Å². The first-order valence-corrected chi connectivity index (χ1v) is 5.52. The van der Waals surface area contributed by atoms with Crippen LogP contribution in [0.25, 0.3) is 0 Å². The van der Waals surface area contributed by atoms with Gasteiger partial charge in [-0.15, -0.1) is 0 Å². The van der Waals surface area contributed by atoms with Crippen molar-refractivity contribution in [2.45, 2.75) is 27.7 Å². The van der Waals surface area contributed by atoms with Crippen molar-refractivity contribution in [2.75, 3.05) is 12.3 Å². The third-order valence-electron chi connectivity index (χ3n) is 2.92. The van der Waals surface area contributed by atoms with Gasteiger partial charge < -0.3 is 11.1 Å². The molecular weight excluding hydrogens is 204 g/mol. The Bertz CT molecular complexity index is 351. The summed E-state index contributed by atoms with van der Waals surface area (Å²) < 4.78 is 0. The zero-order valence-electron chi connectivity index (χ0n) is 10.3. The summed E-state index contributed by atoms with van der Waals surface area (Å²) in [5, 5.41) is 9.35. The van der Waals surface area contributed by atoms with Crippen LogP contribution < -0.4 is 11.1 Å². The summed E-state index contributed by atoms with van der Waals surface area (Å²) in [5.41, 5.74) is 6.76. The highest BCUT2D eigenvalue weighted by Crippen LogP contribution is 2.13. The molecule has 4 N–H and O–H groups in total. The maximum absolute atomic E-state index is 11.8. The van der Waals surface area contributed by atoms with Crippen molar-refractivity contribution >= 4 is 11.7 Å². The van der Waals surface area contributed by atoms with Crippen molar-refractivity contribution in [1.82, 2.24) is 15.5 Å². The molecule has 0 aliphatic rings. The number of hydrogen-bond donors (Lipinski definition) is 3. The molecule has 1 aromatic rings. The lowest BCUT2D eigenvalue weighted by atomic mass is 9.98. The second kappa shape index (κ2) is 5.01. The number of nitrogens with zero attached hydrogens (tertiary/aromatic N) is 1. The van der Waals surface area contributed by atoms with Crippen molar-refractivity contribution < 1.29 is 4.79 Å². The Morgan fingerprint density at radius 1 is 1.50 bits per heavy atom. The van der Waals surface area contributed by atoms with E-state index in [1.165, 1.54) is 0 Å². The van der Waals surface area contributed by atoms with Crippen molar-refractivity contribution in [3.8, 4) is 0 Å². The van der Waals surface area contributed by atoms with Gasteiger partial charge in [-0.1, -0.05) is 20.8 Å². The summed E-state index contributed by atoms with van der Waals surface area (Å²) in [7, 11) is 0. The van der Waals surface area contributed by atoms with E-state index in [-0.39, 0.29) is 11.7 Å². The molecule has 1 unspecified atom stereocenters. The number of carbonyl (C=O) groups excluding carboxylic acids is 1. The first kappa shape index (κ1) is 12.5. The average molecular weight is 224 g/mol. The van der Waals surface area contributed by atoms with Crippen LogP contribution in [0.3, 0.4) is 0 Å². The van der Waals surface area contributed by atoms with Gasteiger partial charge in [-0.2, -0.15) is 5.10 Å². The molecule has 90 valence electrons. The largest absolute Gasteiger partial charge is 0.382 e. The van der Waals surface area contributed by atoms with Crippen LogP contribution in [0, 0.1) is 18.8 Å². The molecule has 16 heavy (non-hydrogen) atoms. The van der Waals surface area contributed by atoms with E-state index in [1.807, 2.05) is 0 Å². The summed E-state index contributed by atoms with van der Waals surface area (Å²) in [6.07, 6.45) is 0. The molecule has 0 saturated heterocycles. The van der Waals surface area contributed by atoms with Gasteiger partial charge >= 0.3 is 0 Å². The number of carbonyl (C=O) groups is 1. The number of aromatic nitrogens is 2. The number of amides is 1. The molecule has 0 spiro atoms. The van der Waals surface area contributed by atoms with E-state index in [9.17, 15) is 4.79 Å². The lowest BCUT2D eigenvalue weighted by molar-refractivity contribution is 0.0945. The first-order valence-electron chi connectivity index (χ1n) is 5.52. The summed E-state index contributed by atoms with van der Waals surface area (Å²) in [4.78, 5) is 11.8. The van der Waals surface area contributed by atoms with E-state index < -0.39 is 0 Å². The average Bonchev–Trinajstić information content (AvgIpc) is 2.54. The number of nitrogens with two attached hydrogens (primary N) is 1. The minimum absolute atomic E-state index is 0.156. The molecule has 1 heterocycles. The molecule has 0 aromatic carbocycles.